The number of benzene rings is 2. The lowest BCUT2D eigenvalue weighted by molar-refractivity contribution is -0.120. The minimum Gasteiger partial charge on any atom is -0.366 e. The Morgan fingerprint density at radius 2 is 1.75 bits per heavy atom. The van der Waals surface area contributed by atoms with Gasteiger partial charge in [0.25, 0.3) is 5.91 Å². The number of halogens is 2. The van der Waals surface area contributed by atoms with Crippen LogP contribution in [0.5, 0.6) is 0 Å². The molecule has 1 unspecified atom stereocenters. The van der Waals surface area contributed by atoms with Gasteiger partial charge >= 0.3 is 0 Å². The van der Waals surface area contributed by atoms with Crippen molar-refractivity contribution in [2.45, 2.75) is 31.7 Å². The predicted molar refractivity (Wildman–Crippen MR) is 115 cm³/mol. The lowest BCUT2D eigenvalue weighted by Crippen LogP contribution is -2.55. The molecule has 0 aromatic heterocycles. The van der Waals surface area contributed by atoms with Gasteiger partial charge in [-0.05, 0) is 49.1 Å². The van der Waals surface area contributed by atoms with Gasteiger partial charge in [-0.2, -0.15) is 0 Å². The van der Waals surface area contributed by atoms with Gasteiger partial charge < -0.3 is 5.73 Å². The summed E-state index contributed by atoms with van der Waals surface area (Å²) in [6.45, 7) is 0.789. The van der Waals surface area contributed by atoms with Gasteiger partial charge in [0.05, 0.1) is 5.69 Å². The van der Waals surface area contributed by atoms with Crippen molar-refractivity contribution in [3.8, 4) is 0 Å². The molecular weight excluding hydrogens is 397 g/mol. The minimum absolute atomic E-state index is 0. The molecule has 1 aliphatic heterocycles. The second-order valence-corrected chi connectivity index (χ2v) is 7.02. The van der Waals surface area contributed by atoms with E-state index in [0.717, 1.165) is 32.2 Å². The number of carbonyl (C=O) groups is 2. The van der Waals surface area contributed by atoms with Crippen molar-refractivity contribution in [2.24, 2.45) is 5.73 Å². The van der Waals surface area contributed by atoms with Crippen molar-refractivity contribution in [1.82, 2.24) is 5.01 Å². The lowest BCUT2D eigenvalue weighted by Gasteiger charge is -2.43. The van der Waals surface area contributed by atoms with Gasteiger partial charge in [-0.15, -0.1) is 24.0 Å². The molecule has 1 fully saturated rings. The number of hydrogen-bond acceptors (Lipinski definition) is 3. The van der Waals surface area contributed by atoms with E-state index in [9.17, 15) is 9.59 Å². The molecule has 0 aliphatic carbocycles. The maximum absolute atomic E-state index is 12.7. The van der Waals surface area contributed by atoms with Crippen LogP contribution in [0.3, 0.4) is 0 Å². The van der Waals surface area contributed by atoms with E-state index in [2.05, 4.69) is 17.1 Å². The molecule has 28 heavy (non-hydrogen) atoms. The molecule has 1 heterocycles. The number of rotatable bonds is 6. The summed E-state index contributed by atoms with van der Waals surface area (Å²) in [7, 11) is 0. The first-order valence-corrected chi connectivity index (χ1v) is 9.73. The van der Waals surface area contributed by atoms with Crippen LogP contribution in [0.2, 0.25) is 0 Å². The summed E-state index contributed by atoms with van der Waals surface area (Å²) in [5, 5.41) is 3.80. The highest BCUT2D eigenvalue weighted by molar-refractivity contribution is 6.29. The lowest BCUT2D eigenvalue weighted by atomic mass is 9.97. The van der Waals surface area contributed by atoms with E-state index in [1.54, 1.807) is 29.3 Å². The smallest absolute Gasteiger partial charge is 0.256 e. The number of primary amides is 1. The average molecular weight is 422 g/mol. The van der Waals surface area contributed by atoms with E-state index >= 15 is 0 Å². The van der Waals surface area contributed by atoms with Crippen molar-refractivity contribution in [3.63, 3.8) is 0 Å². The summed E-state index contributed by atoms with van der Waals surface area (Å²) in [6, 6.07) is 17.3. The molecule has 2 amide bonds. The third-order valence-corrected chi connectivity index (χ3v) is 5.14. The highest BCUT2D eigenvalue weighted by Crippen LogP contribution is 2.27. The average Bonchev–Trinajstić information content (AvgIpc) is 2.70. The van der Waals surface area contributed by atoms with Crippen LogP contribution in [0, 0.1) is 0 Å². The van der Waals surface area contributed by atoms with Crippen LogP contribution in [0.1, 0.15) is 35.2 Å². The van der Waals surface area contributed by atoms with Crippen LogP contribution in [0.4, 0.5) is 5.69 Å². The number of nitrogens with two attached hydrogens (primary N) is 1. The van der Waals surface area contributed by atoms with Crippen molar-refractivity contribution >= 4 is 41.5 Å². The summed E-state index contributed by atoms with van der Waals surface area (Å²) in [5.41, 5.74) is 7.69. The fourth-order valence-corrected chi connectivity index (χ4v) is 3.71. The fraction of sp³-hybridized carbons (Fsp3) is 0.333. The van der Waals surface area contributed by atoms with E-state index in [1.165, 1.54) is 5.56 Å². The van der Waals surface area contributed by atoms with Gasteiger partial charge in [0.1, 0.15) is 5.88 Å². The van der Waals surface area contributed by atoms with Crippen molar-refractivity contribution < 1.29 is 9.59 Å². The summed E-state index contributed by atoms with van der Waals surface area (Å²) in [4.78, 5) is 24.0. The second-order valence-electron chi connectivity index (χ2n) is 6.75. The molecule has 7 heteroatoms. The summed E-state index contributed by atoms with van der Waals surface area (Å²) < 4.78 is 0. The van der Waals surface area contributed by atoms with Gasteiger partial charge in [-0.3, -0.25) is 9.59 Å². The van der Waals surface area contributed by atoms with Crippen LogP contribution in [0.15, 0.2) is 54.6 Å². The van der Waals surface area contributed by atoms with E-state index in [4.69, 9.17) is 17.3 Å². The molecule has 2 aromatic carbocycles. The molecule has 1 saturated heterocycles. The number of piperidine rings is 1. The maximum atomic E-state index is 12.7. The van der Waals surface area contributed by atoms with Crippen molar-refractivity contribution in [2.75, 3.05) is 17.4 Å². The predicted octanol–water partition coefficient (Wildman–Crippen LogP) is 3.79. The van der Waals surface area contributed by atoms with E-state index in [1.807, 2.05) is 18.2 Å². The number of nitrogens with zero attached hydrogens (tertiary/aromatic N) is 2. The third-order valence-electron chi connectivity index (χ3n) is 4.91. The molecule has 2 N–H and O–H groups in total. The van der Waals surface area contributed by atoms with Crippen LogP contribution in [0.25, 0.3) is 0 Å². The van der Waals surface area contributed by atoms with Crippen LogP contribution < -0.4 is 10.7 Å². The van der Waals surface area contributed by atoms with Crippen LogP contribution >= 0.6 is 24.0 Å². The maximum Gasteiger partial charge on any atom is 0.256 e. The Morgan fingerprint density at radius 1 is 1.07 bits per heavy atom. The monoisotopic (exact) mass is 421 g/mol. The highest BCUT2D eigenvalue weighted by Gasteiger charge is 2.31. The molecule has 1 atom stereocenters. The molecule has 5 nitrogen and oxygen atoms in total. The van der Waals surface area contributed by atoms with Crippen LogP contribution in [-0.4, -0.2) is 35.3 Å². The van der Waals surface area contributed by atoms with Crippen molar-refractivity contribution in [3.05, 3.63) is 65.7 Å². The minimum atomic E-state index is -0.489. The van der Waals surface area contributed by atoms with Crippen molar-refractivity contribution in [1.29, 1.82) is 0 Å². The molecule has 0 radical (unpaired) electrons. The Hall–Kier alpha value is -2.08. The molecule has 3 rings (SSSR count). The third kappa shape index (κ3) is 5.25. The molecule has 0 saturated carbocycles. The Morgan fingerprint density at radius 3 is 2.36 bits per heavy atom. The van der Waals surface area contributed by atoms with E-state index in [0.29, 0.717) is 11.3 Å². The summed E-state index contributed by atoms with van der Waals surface area (Å²) in [5.74, 6) is -0.772. The van der Waals surface area contributed by atoms with E-state index in [-0.39, 0.29) is 30.2 Å². The quantitative estimate of drug-likeness (QED) is 0.721. The second kappa shape index (κ2) is 10.5. The van der Waals surface area contributed by atoms with Gasteiger partial charge in [-0.25, -0.2) is 10.0 Å². The number of hydrazine groups is 1. The van der Waals surface area contributed by atoms with Gasteiger partial charge in [0.2, 0.25) is 5.91 Å². The fourth-order valence-electron chi connectivity index (χ4n) is 3.60. The summed E-state index contributed by atoms with van der Waals surface area (Å²) in [6.07, 6.45) is 4.04. The molecule has 0 spiro atoms. The number of amides is 2. The molecule has 0 bridgehead atoms. The first-order chi connectivity index (χ1) is 13.1. The largest absolute Gasteiger partial charge is 0.366 e. The Bertz CT molecular complexity index is 784. The van der Waals surface area contributed by atoms with Gasteiger partial charge in [0.15, 0.2) is 0 Å². The SMILES string of the molecule is Cl.NC(=O)c1ccc(N(C(=O)CCl)N2CCCCC2Cc2ccccc2)cc1. The number of hydrogen-bond donors (Lipinski definition) is 1. The topological polar surface area (TPSA) is 66.6 Å². The van der Waals surface area contributed by atoms with Crippen LogP contribution in [-0.2, 0) is 11.2 Å². The first kappa shape index (κ1) is 22.2. The zero-order valence-electron chi connectivity index (χ0n) is 15.6. The van der Waals surface area contributed by atoms with E-state index < -0.39 is 5.91 Å². The zero-order valence-corrected chi connectivity index (χ0v) is 17.2. The molecule has 1 aliphatic rings. The highest BCUT2D eigenvalue weighted by atomic mass is 35.5. The normalized spacial score (nSPS) is 16.8. The first-order valence-electron chi connectivity index (χ1n) is 9.19. The Labute approximate surface area is 176 Å². The van der Waals surface area contributed by atoms with Gasteiger partial charge in [-0.1, -0.05) is 36.8 Å². The molecule has 150 valence electrons. The number of alkyl halides is 1. The van der Waals surface area contributed by atoms with Gasteiger partial charge in [0, 0.05) is 18.2 Å². The molecule has 2 aromatic rings. The number of carbonyl (C=O) groups excluding carboxylic acids is 2. The molecular formula is C21H25Cl2N3O2. The Balaban J connectivity index is 0.00000280. The standard InChI is InChI=1S/C21H24ClN3O2.ClH/c22-15-20(26)25(18-11-9-17(10-12-18)21(23)27)24-13-5-4-8-19(24)14-16-6-2-1-3-7-16;/h1-3,6-7,9-12,19H,4-5,8,13-15H2,(H2,23,27);1H. The Kier molecular flexibility index (Phi) is 8.30. The zero-order chi connectivity index (χ0) is 19.2. The summed E-state index contributed by atoms with van der Waals surface area (Å²) >= 11 is 5.91. The number of anilines is 1.